The van der Waals surface area contributed by atoms with Crippen molar-refractivity contribution in [3.05, 3.63) is 11.8 Å². The molecule has 0 spiro atoms. The number of anilines is 1. The summed E-state index contributed by atoms with van der Waals surface area (Å²) in [5.41, 5.74) is 0.247. The summed E-state index contributed by atoms with van der Waals surface area (Å²) in [4.78, 5) is 10.8. The van der Waals surface area contributed by atoms with E-state index in [1.807, 2.05) is 11.6 Å². The summed E-state index contributed by atoms with van der Waals surface area (Å²) >= 11 is 0. The van der Waals surface area contributed by atoms with Crippen LogP contribution < -0.4 is 15.1 Å². The molecule has 1 aliphatic heterocycles. The maximum atomic E-state index is 10.8. The number of carbonyl (C=O) groups excluding carboxylic acids is 1. The van der Waals surface area contributed by atoms with E-state index in [4.69, 9.17) is 0 Å². The molecule has 5 heteroatoms. The molecule has 0 atom stereocenters. The van der Waals surface area contributed by atoms with Gasteiger partial charge < -0.3 is 15.2 Å². The Morgan fingerprint density at radius 1 is 1.79 bits per heavy atom. The van der Waals surface area contributed by atoms with Gasteiger partial charge in [0.1, 0.15) is 5.97 Å². The Hall–Kier alpha value is -1.52. The third-order valence-electron chi connectivity index (χ3n) is 2.48. The van der Waals surface area contributed by atoms with Gasteiger partial charge in [-0.05, 0) is 13.3 Å². The molecule has 0 saturated carbocycles. The molecule has 0 saturated heterocycles. The van der Waals surface area contributed by atoms with Crippen LogP contribution in [-0.2, 0) is 13.1 Å². The fraction of sp³-hybridized carbons (Fsp3) is 0.556. The second-order valence-corrected chi connectivity index (χ2v) is 3.32. The van der Waals surface area contributed by atoms with Crippen LogP contribution in [0.1, 0.15) is 23.8 Å². The van der Waals surface area contributed by atoms with E-state index in [1.165, 1.54) is 0 Å². The maximum absolute atomic E-state index is 10.8. The molecule has 2 rings (SSSR count). The van der Waals surface area contributed by atoms with E-state index in [1.54, 1.807) is 10.7 Å². The number of fused-ring (bicyclic) bond motifs is 1. The number of carbonyl (C=O) groups is 1. The van der Waals surface area contributed by atoms with Crippen LogP contribution in [0.25, 0.3) is 0 Å². The zero-order valence-corrected chi connectivity index (χ0v) is 8.12. The van der Waals surface area contributed by atoms with Gasteiger partial charge in [0.25, 0.3) is 5.69 Å². The van der Waals surface area contributed by atoms with Crippen LogP contribution in [0.5, 0.6) is 0 Å². The maximum Gasteiger partial charge on any atom is 0.256 e. The van der Waals surface area contributed by atoms with Crippen LogP contribution in [0.4, 0.5) is 5.82 Å². The van der Waals surface area contributed by atoms with Gasteiger partial charge in [-0.1, -0.05) is 0 Å². The Labute approximate surface area is 81.9 Å². The molecule has 1 aromatic rings. The van der Waals surface area contributed by atoms with Gasteiger partial charge in [0.05, 0.1) is 12.6 Å². The number of rotatable bonds is 2. The van der Waals surface area contributed by atoms with E-state index in [-0.39, 0.29) is 5.69 Å². The van der Waals surface area contributed by atoms with Crippen molar-refractivity contribution in [1.29, 1.82) is 0 Å². The second-order valence-electron chi connectivity index (χ2n) is 3.32. The first kappa shape index (κ1) is 9.05. The minimum absolute atomic E-state index is 0.247. The SMILES string of the molecule is CC[n+]1c(C(=O)[O-])cc2n1CCCN2. The van der Waals surface area contributed by atoms with Gasteiger partial charge >= 0.3 is 0 Å². The Kier molecular flexibility index (Phi) is 2.15. The van der Waals surface area contributed by atoms with Gasteiger partial charge in [-0.2, -0.15) is 0 Å². The van der Waals surface area contributed by atoms with Crippen molar-refractivity contribution < 1.29 is 14.6 Å². The average molecular weight is 195 g/mol. The van der Waals surface area contributed by atoms with Crippen molar-refractivity contribution in [3.63, 3.8) is 0 Å². The van der Waals surface area contributed by atoms with E-state index in [2.05, 4.69) is 5.32 Å². The highest BCUT2D eigenvalue weighted by Gasteiger charge is 2.23. The molecule has 0 aliphatic carbocycles. The van der Waals surface area contributed by atoms with E-state index in [0.717, 1.165) is 25.3 Å². The van der Waals surface area contributed by atoms with Crippen molar-refractivity contribution >= 4 is 11.8 Å². The molecule has 5 nitrogen and oxygen atoms in total. The van der Waals surface area contributed by atoms with Crippen LogP contribution in [0.15, 0.2) is 6.07 Å². The Morgan fingerprint density at radius 2 is 2.57 bits per heavy atom. The van der Waals surface area contributed by atoms with Crippen molar-refractivity contribution in [1.82, 2.24) is 4.68 Å². The highest BCUT2D eigenvalue weighted by Crippen LogP contribution is 2.13. The second kappa shape index (κ2) is 3.32. The lowest BCUT2D eigenvalue weighted by molar-refractivity contribution is -0.775. The number of hydrogen-bond acceptors (Lipinski definition) is 3. The minimum atomic E-state index is -1.12. The minimum Gasteiger partial charge on any atom is -0.539 e. The van der Waals surface area contributed by atoms with Gasteiger partial charge in [0.15, 0.2) is 12.4 Å². The third-order valence-corrected chi connectivity index (χ3v) is 2.48. The number of carboxylic acids is 1. The highest BCUT2D eigenvalue weighted by molar-refractivity contribution is 5.82. The summed E-state index contributed by atoms with van der Waals surface area (Å²) in [6, 6.07) is 1.64. The lowest BCUT2D eigenvalue weighted by atomic mass is 10.3. The largest absolute Gasteiger partial charge is 0.539 e. The summed E-state index contributed by atoms with van der Waals surface area (Å²) in [6.07, 6.45) is 1.02. The summed E-state index contributed by atoms with van der Waals surface area (Å²) in [6.45, 7) is 4.34. The van der Waals surface area contributed by atoms with Crippen LogP contribution in [-0.4, -0.2) is 17.2 Å². The first-order chi connectivity index (χ1) is 6.74. The predicted molar refractivity (Wildman–Crippen MR) is 47.7 cm³/mol. The van der Waals surface area contributed by atoms with Gasteiger partial charge in [-0.3, -0.25) is 0 Å². The van der Waals surface area contributed by atoms with Gasteiger partial charge in [-0.25, -0.2) is 0 Å². The van der Waals surface area contributed by atoms with Crippen LogP contribution in [0, 0.1) is 0 Å². The average Bonchev–Trinajstić information content (AvgIpc) is 2.56. The van der Waals surface area contributed by atoms with E-state index in [9.17, 15) is 9.90 Å². The highest BCUT2D eigenvalue weighted by atomic mass is 16.4. The monoisotopic (exact) mass is 195 g/mol. The van der Waals surface area contributed by atoms with Crippen LogP contribution >= 0.6 is 0 Å². The van der Waals surface area contributed by atoms with Crippen molar-refractivity contribution in [2.45, 2.75) is 26.4 Å². The number of hydrogen-bond donors (Lipinski definition) is 1. The molecule has 1 aromatic heterocycles. The van der Waals surface area contributed by atoms with Gasteiger partial charge in [0.2, 0.25) is 0 Å². The topological polar surface area (TPSA) is 61.0 Å². The van der Waals surface area contributed by atoms with E-state index >= 15 is 0 Å². The molecule has 0 radical (unpaired) electrons. The number of aromatic carboxylic acids is 1. The molecule has 0 unspecified atom stereocenters. The molecule has 1 aliphatic rings. The molecule has 1 N–H and O–H groups in total. The molecule has 0 aromatic carbocycles. The lowest BCUT2D eigenvalue weighted by Gasteiger charge is -2.13. The molecule has 76 valence electrons. The molecule has 2 heterocycles. The lowest BCUT2D eigenvalue weighted by Crippen LogP contribution is -2.50. The van der Waals surface area contributed by atoms with Gasteiger partial charge in [0, 0.05) is 6.54 Å². The fourth-order valence-corrected chi connectivity index (χ4v) is 1.87. The Balaban J connectivity index is 2.51. The van der Waals surface area contributed by atoms with E-state index in [0.29, 0.717) is 6.54 Å². The van der Waals surface area contributed by atoms with E-state index < -0.39 is 5.97 Å². The third kappa shape index (κ3) is 1.25. The summed E-state index contributed by atoms with van der Waals surface area (Å²) < 4.78 is 3.69. The number of carboxylic acid groups (broad SMARTS) is 1. The molecular formula is C9H13N3O2. The molecule has 0 bridgehead atoms. The Morgan fingerprint density at radius 3 is 3.21 bits per heavy atom. The molecular weight excluding hydrogens is 182 g/mol. The van der Waals surface area contributed by atoms with Crippen molar-refractivity contribution in [2.75, 3.05) is 11.9 Å². The number of aromatic nitrogens is 2. The Bertz CT molecular complexity index is 370. The zero-order chi connectivity index (χ0) is 10.1. The summed E-state index contributed by atoms with van der Waals surface area (Å²) in [5.74, 6) is -0.243. The first-order valence-electron chi connectivity index (χ1n) is 4.83. The van der Waals surface area contributed by atoms with Crippen molar-refractivity contribution in [2.24, 2.45) is 0 Å². The number of nitrogens with zero attached hydrogens (tertiary/aromatic N) is 2. The molecule has 0 amide bonds. The summed E-state index contributed by atoms with van der Waals surface area (Å²) in [5, 5.41) is 14.0. The predicted octanol–water partition coefficient (Wildman–Crippen LogP) is -1.03. The smallest absolute Gasteiger partial charge is 0.256 e. The van der Waals surface area contributed by atoms with Gasteiger partial charge in [-0.15, -0.1) is 9.36 Å². The molecule has 0 fully saturated rings. The quantitative estimate of drug-likeness (QED) is 0.614. The van der Waals surface area contributed by atoms with Crippen LogP contribution in [0.2, 0.25) is 0 Å². The summed E-state index contributed by atoms with van der Waals surface area (Å²) in [7, 11) is 0. The van der Waals surface area contributed by atoms with Crippen LogP contribution in [0.3, 0.4) is 0 Å². The number of nitrogens with one attached hydrogen (secondary N) is 1. The standard InChI is InChI=1S/C9H13N3O2/c1-2-11-7(9(13)14)6-8-10-4-3-5-12(8)11/h6H,2-5H2,1H3,(H,13,14). The first-order valence-corrected chi connectivity index (χ1v) is 4.83. The zero-order valence-electron chi connectivity index (χ0n) is 8.12. The fourth-order valence-electron chi connectivity index (χ4n) is 1.87. The van der Waals surface area contributed by atoms with Crippen molar-refractivity contribution in [3.8, 4) is 0 Å². The molecule has 14 heavy (non-hydrogen) atoms. The normalized spacial score (nSPS) is 14.6.